The first-order chi connectivity index (χ1) is 7.10. The Kier molecular flexibility index (Phi) is 3.61. The van der Waals surface area contributed by atoms with Crippen molar-refractivity contribution in [1.29, 1.82) is 0 Å². The SMILES string of the molecule is CCOc1cc(C=O)c(C)c(C(C)=O)c1. The van der Waals surface area contributed by atoms with E-state index >= 15 is 0 Å². The molecule has 3 heteroatoms. The molecule has 0 unspecified atom stereocenters. The molecule has 0 aromatic heterocycles. The normalized spacial score (nSPS) is 9.80. The summed E-state index contributed by atoms with van der Waals surface area (Å²) in [5, 5.41) is 0. The molecular formula is C12H14O3. The molecule has 0 amide bonds. The van der Waals surface area contributed by atoms with E-state index in [2.05, 4.69) is 0 Å². The van der Waals surface area contributed by atoms with Crippen molar-refractivity contribution in [3.05, 3.63) is 28.8 Å². The smallest absolute Gasteiger partial charge is 0.160 e. The van der Waals surface area contributed by atoms with E-state index in [-0.39, 0.29) is 5.78 Å². The van der Waals surface area contributed by atoms with E-state index in [9.17, 15) is 9.59 Å². The van der Waals surface area contributed by atoms with Gasteiger partial charge in [0.05, 0.1) is 6.61 Å². The van der Waals surface area contributed by atoms with Crippen LogP contribution in [0.2, 0.25) is 0 Å². The molecule has 15 heavy (non-hydrogen) atoms. The molecule has 0 fully saturated rings. The van der Waals surface area contributed by atoms with Crippen LogP contribution in [0.5, 0.6) is 5.75 Å². The van der Waals surface area contributed by atoms with E-state index in [0.717, 1.165) is 6.29 Å². The Morgan fingerprint density at radius 3 is 2.60 bits per heavy atom. The van der Waals surface area contributed by atoms with Gasteiger partial charge in [0.2, 0.25) is 0 Å². The van der Waals surface area contributed by atoms with Crippen LogP contribution in [0.4, 0.5) is 0 Å². The first-order valence-electron chi connectivity index (χ1n) is 4.83. The van der Waals surface area contributed by atoms with Crippen LogP contribution in [0.3, 0.4) is 0 Å². The number of Topliss-reactive ketones (excluding diaryl/α,β-unsaturated/α-hetero) is 1. The molecule has 0 atom stereocenters. The van der Waals surface area contributed by atoms with Crippen molar-refractivity contribution < 1.29 is 14.3 Å². The van der Waals surface area contributed by atoms with Crippen molar-refractivity contribution in [2.45, 2.75) is 20.8 Å². The first-order valence-corrected chi connectivity index (χ1v) is 4.83. The number of hydrogen-bond donors (Lipinski definition) is 0. The Bertz CT molecular complexity index is 394. The molecule has 1 aromatic carbocycles. The van der Waals surface area contributed by atoms with Crippen LogP contribution in [0.1, 0.15) is 40.1 Å². The van der Waals surface area contributed by atoms with E-state index in [1.807, 2.05) is 6.92 Å². The summed E-state index contributed by atoms with van der Waals surface area (Å²) in [4.78, 5) is 22.1. The summed E-state index contributed by atoms with van der Waals surface area (Å²) in [6.07, 6.45) is 0.740. The number of benzene rings is 1. The van der Waals surface area contributed by atoms with Gasteiger partial charge < -0.3 is 4.74 Å². The Morgan fingerprint density at radius 1 is 1.47 bits per heavy atom. The highest BCUT2D eigenvalue weighted by atomic mass is 16.5. The molecule has 0 aliphatic heterocycles. The lowest BCUT2D eigenvalue weighted by molar-refractivity contribution is 0.101. The van der Waals surface area contributed by atoms with Crippen LogP contribution >= 0.6 is 0 Å². The Morgan fingerprint density at radius 2 is 2.13 bits per heavy atom. The van der Waals surface area contributed by atoms with Crippen molar-refractivity contribution in [2.75, 3.05) is 6.61 Å². The minimum absolute atomic E-state index is 0.0582. The Balaban J connectivity index is 3.31. The highest BCUT2D eigenvalue weighted by molar-refractivity contribution is 5.98. The monoisotopic (exact) mass is 206 g/mol. The number of hydrogen-bond acceptors (Lipinski definition) is 3. The highest BCUT2D eigenvalue weighted by Crippen LogP contribution is 2.21. The second-order valence-corrected chi connectivity index (χ2v) is 3.29. The Labute approximate surface area is 89.1 Å². The summed E-state index contributed by atoms with van der Waals surface area (Å²) in [5.74, 6) is 0.507. The summed E-state index contributed by atoms with van der Waals surface area (Å²) in [5.41, 5.74) is 1.76. The number of aldehydes is 1. The summed E-state index contributed by atoms with van der Waals surface area (Å²) < 4.78 is 5.28. The molecule has 80 valence electrons. The lowest BCUT2D eigenvalue weighted by atomic mass is 10.00. The zero-order valence-corrected chi connectivity index (χ0v) is 9.16. The average molecular weight is 206 g/mol. The molecule has 3 nitrogen and oxygen atoms in total. The molecule has 0 heterocycles. The molecule has 0 bridgehead atoms. The van der Waals surface area contributed by atoms with Crippen LogP contribution < -0.4 is 4.74 Å². The predicted octanol–water partition coefficient (Wildman–Crippen LogP) is 2.41. The quantitative estimate of drug-likeness (QED) is 0.561. The molecule has 1 rings (SSSR count). The number of rotatable bonds is 4. The van der Waals surface area contributed by atoms with Crippen molar-refractivity contribution in [2.24, 2.45) is 0 Å². The van der Waals surface area contributed by atoms with E-state index in [4.69, 9.17) is 4.74 Å². The number of ether oxygens (including phenoxy) is 1. The molecule has 0 saturated carbocycles. The van der Waals surface area contributed by atoms with Gasteiger partial charge in [-0.05, 0) is 38.5 Å². The maximum atomic E-state index is 11.3. The maximum Gasteiger partial charge on any atom is 0.160 e. The minimum atomic E-state index is -0.0582. The molecule has 0 saturated heterocycles. The summed E-state index contributed by atoms with van der Waals surface area (Å²) in [6, 6.07) is 3.33. The van der Waals surface area contributed by atoms with E-state index in [1.165, 1.54) is 6.92 Å². The fraction of sp³-hybridized carbons (Fsp3) is 0.333. The highest BCUT2D eigenvalue weighted by Gasteiger charge is 2.10. The summed E-state index contributed by atoms with van der Waals surface area (Å²) in [6.45, 7) is 5.61. The third-order valence-electron chi connectivity index (χ3n) is 2.24. The lowest BCUT2D eigenvalue weighted by Crippen LogP contribution is -2.02. The van der Waals surface area contributed by atoms with Gasteiger partial charge in [-0.25, -0.2) is 0 Å². The van der Waals surface area contributed by atoms with Gasteiger partial charge in [-0.3, -0.25) is 9.59 Å². The average Bonchev–Trinajstić information content (AvgIpc) is 2.20. The predicted molar refractivity (Wildman–Crippen MR) is 57.7 cm³/mol. The van der Waals surface area contributed by atoms with Crippen molar-refractivity contribution in [1.82, 2.24) is 0 Å². The van der Waals surface area contributed by atoms with E-state index in [0.29, 0.717) is 29.0 Å². The van der Waals surface area contributed by atoms with Gasteiger partial charge in [0.1, 0.15) is 12.0 Å². The van der Waals surface area contributed by atoms with E-state index in [1.54, 1.807) is 19.1 Å². The van der Waals surface area contributed by atoms with Gasteiger partial charge in [-0.2, -0.15) is 0 Å². The lowest BCUT2D eigenvalue weighted by Gasteiger charge is -2.09. The second kappa shape index (κ2) is 4.73. The van der Waals surface area contributed by atoms with Crippen molar-refractivity contribution >= 4 is 12.1 Å². The summed E-state index contributed by atoms with van der Waals surface area (Å²) >= 11 is 0. The van der Waals surface area contributed by atoms with Crippen molar-refractivity contribution in [3.8, 4) is 5.75 Å². The fourth-order valence-corrected chi connectivity index (χ4v) is 1.45. The molecule has 0 aliphatic rings. The standard InChI is InChI=1S/C12H14O3/c1-4-15-11-5-10(7-13)8(2)12(6-11)9(3)14/h5-7H,4H2,1-3H3. The fourth-order valence-electron chi connectivity index (χ4n) is 1.45. The van der Waals surface area contributed by atoms with Crippen LogP contribution in [-0.4, -0.2) is 18.7 Å². The number of ketones is 1. The number of carbonyl (C=O) groups excluding carboxylic acids is 2. The van der Waals surface area contributed by atoms with Crippen LogP contribution in [0.15, 0.2) is 12.1 Å². The van der Waals surface area contributed by atoms with Crippen LogP contribution in [-0.2, 0) is 0 Å². The number of carbonyl (C=O) groups is 2. The van der Waals surface area contributed by atoms with Gasteiger partial charge in [-0.1, -0.05) is 0 Å². The zero-order valence-electron chi connectivity index (χ0n) is 9.16. The molecule has 0 N–H and O–H groups in total. The molecule has 1 aromatic rings. The maximum absolute atomic E-state index is 11.3. The van der Waals surface area contributed by atoms with Crippen LogP contribution in [0.25, 0.3) is 0 Å². The van der Waals surface area contributed by atoms with Crippen LogP contribution in [0, 0.1) is 6.92 Å². The first kappa shape index (κ1) is 11.4. The van der Waals surface area contributed by atoms with Gasteiger partial charge >= 0.3 is 0 Å². The van der Waals surface area contributed by atoms with Gasteiger partial charge in [0.15, 0.2) is 5.78 Å². The van der Waals surface area contributed by atoms with Crippen molar-refractivity contribution in [3.63, 3.8) is 0 Å². The third kappa shape index (κ3) is 2.43. The van der Waals surface area contributed by atoms with E-state index < -0.39 is 0 Å². The molecular weight excluding hydrogens is 192 g/mol. The van der Waals surface area contributed by atoms with Gasteiger partial charge in [0, 0.05) is 11.1 Å². The topological polar surface area (TPSA) is 43.4 Å². The van der Waals surface area contributed by atoms with Gasteiger partial charge in [0.25, 0.3) is 0 Å². The zero-order chi connectivity index (χ0) is 11.4. The second-order valence-electron chi connectivity index (χ2n) is 3.29. The Hall–Kier alpha value is -1.64. The van der Waals surface area contributed by atoms with Gasteiger partial charge in [-0.15, -0.1) is 0 Å². The summed E-state index contributed by atoms with van der Waals surface area (Å²) in [7, 11) is 0. The third-order valence-corrected chi connectivity index (χ3v) is 2.24. The largest absolute Gasteiger partial charge is 0.494 e. The minimum Gasteiger partial charge on any atom is -0.494 e. The molecule has 0 radical (unpaired) electrons. The molecule has 0 spiro atoms. The molecule has 0 aliphatic carbocycles.